The van der Waals surface area contributed by atoms with Gasteiger partial charge in [-0.25, -0.2) is 12.7 Å². The Balaban J connectivity index is 2.14. The van der Waals surface area contributed by atoms with Crippen molar-refractivity contribution < 1.29 is 13.2 Å². The van der Waals surface area contributed by atoms with Gasteiger partial charge in [-0.2, -0.15) is 0 Å². The second kappa shape index (κ2) is 6.82. The van der Waals surface area contributed by atoms with E-state index >= 15 is 0 Å². The van der Waals surface area contributed by atoms with Crippen molar-refractivity contribution in [3.63, 3.8) is 0 Å². The van der Waals surface area contributed by atoms with Crippen LogP contribution in [0.2, 0.25) is 0 Å². The fourth-order valence-corrected chi connectivity index (χ4v) is 5.69. The molecule has 0 saturated carbocycles. The molecule has 0 spiro atoms. The van der Waals surface area contributed by atoms with Crippen molar-refractivity contribution in [3.05, 3.63) is 41.5 Å². The quantitative estimate of drug-likeness (QED) is 0.755. The molecular formula is C20H28N2O3S. The van der Waals surface area contributed by atoms with Gasteiger partial charge in [0.05, 0.1) is 23.1 Å². The molecule has 142 valence electrons. The summed E-state index contributed by atoms with van der Waals surface area (Å²) in [5.41, 5.74) is 1.75. The number of amidine groups is 1. The number of hydrogen-bond donors (Lipinski definition) is 0. The Labute approximate surface area is 156 Å². The number of rotatable bonds is 4. The maximum absolute atomic E-state index is 13.5. The van der Waals surface area contributed by atoms with Gasteiger partial charge < -0.3 is 4.74 Å². The summed E-state index contributed by atoms with van der Waals surface area (Å²) >= 11 is 0. The molecule has 0 fully saturated rings. The van der Waals surface area contributed by atoms with Crippen LogP contribution in [0.1, 0.15) is 39.2 Å². The van der Waals surface area contributed by atoms with Crippen LogP contribution >= 0.6 is 0 Å². The third-order valence-corrected chi connectivity index (χ3v) is 7.44. The highest BCUT2D eigenvalue weighted by atomic mass is 32.2. The fraction of sp³-hybridized carbons (Fsp3) is 0.550. The lowest BCUT2D eigenvalue weighted by Crippen LogP contribution is -2.46. The van der Waals surface area contributed by atoms with Crippen molar-refractivity contribution in [2.24, 2.45) is 10.9 Å². The van der Waals surface area contributed by atoms with Crippen molar-refractivity contribution in [1.82, 2.24) is 4.31 Å². The van der Waals surface area contributed by atoms with E-state index in [-0.39, 0.29) is 11.6 Å². The molecule has 0 N–H and O–H groups in total. The van der Waals surface area contributed by atoms with Gasteiger partial charge in [-0.3, -0.25) is 4.99 Å². The number of aryl methyl sites for hydroxylation is 1. The molecule has 0 unspecified atom stereocenters. The Morgan fingerprint density at radius 1 is 1.23 bits per heavy atom. The lowest BCUT2D eigenvalue weighted by Gasteiger charge is -2.37. The average molecular weight is 377 g/mol. The summed E-state index contributed by atoms with van der Waals surface area (Å²) in [6, 6.07) is 6.76. The van der Waals surface area contributed by atoms with Gasteiger partial charge >= 0.3 is 0 Å². The van der Waals surface area contributed by atoms with Crippen molar-refractivity contribution in [2.75, 3.05) is 13.7 Å². The van der Waals surface area contributed by atoms with Gasteiger partial charge in [0.2, 0.25) is 0 Å². The molecule has 2 bridgehead atoms. The summed E-state index contributed by atoms with van der Waals surface area (Å²) in [5, 5.41) is 0. The summed E-state index contributed by atoms with van der Waals surface area (Å²) < 4.78 is 33.9. The van der Waals surface area contributed by atoms with Crippen molar-refractivity contribution >= 4 is 15.9 Å². The van der Waals surface area contributed by atoms with Crippen molar-refractivity contribution in [2.45, 2.75) is 57.0 Å². The van der Waals surface area contributed by atoms with Crippen molar-refractivity contribution in [3.8, 4) is 0 Å². The lowest BCUT2D eigenvalue weighted by molar-refractivity contribution is 0.199. The molecule has 1 aromatic carbocycles. The topological polar surface area (TPSA) is 59.0 Å². The average Bonchev–Trinajstić information content (AvgIpc) is 2.63. The summed E-state index contributed by atoms with van der Waals surface area (Å²) in [6.07, 6.45) is 3.81. The van der Waals surface area contributed by atoms with E-state index in [1.54, 1.807) is 26.2 Å². The summed E-state index contributed by atoms with van der Waals surface area (Å²) in [4.78, 5) is 5.13. The largest absolute Gasteiger partial charge is 0.380 e. The van der Waals surface area contributed by atoms with Gasteiger partial charge in [0, 0.05) is 7.11 Å². The van der Waals surface area contributed by atoms with Gasteiger partial charge in [0.25, 0.3) is 10.0 Å². The van der Waals surface area contributed by atoms with E-state index in [2.05, 4.69) is 19.9 Å². The number of benzene rings is 1. The predicted octanol–water partition coefficient (Wildman–Crippen LogP) is 3.55. The lowest BCUT2D eigenvalue weighted by atomic mass is 9.76. The highest BCUT2D eigenvalue weighted by molar-refractivity contribution is 7.89. The van der Waals surface area contributed by atoms with Gasteiger partial charge in [0.15, 0.2) is 0 Å². The van der Waals surface area contributed by atoms with Crippen LogP contribution < -0.4 is 0 Å². The van der Waals surface area contributed by atoms with E-state index in [9.17, 15) is 8.42 Å². The molecule has 2 atom stereocenters. The van der Waals surface area contributed by atoms with Crippen LogP contribution in [-0.4, -0.2) is 43.9 Å². The van der Waals surface area contributed by atoms with Gasteiger partial charge in [0.1, 0.15) is 5.84 Å². The molecular weight excluding hydrogens is 348 g/mol. The van der Waals surface area contributed by atoms with E-state index in [0.717, 1.165) is 24.0 Å². The molecule has 2 aliphatic rings. The van der Waals surface area contributed by atoms with Crippen LogP contribution in [0.3, 0.4) is 0 Å². The first kappa shape index (κ1) is 19.1. The van der Waals surface area contributed by atoms with Crippen LogP contribution in [0.25, 0.3) is 0 Å². The number of methoxy groups -OCH3 is 1. The molecule has 0 aromatic heterocycles. The van der Waals surface area contributed by atoms with Crippen LogP contribution in [0.5, 0.6) is 0 Å². The monoisotopic (exact) mass is 376 g/mol. The zero-order chi connectivity index (χ0) is 19.1. The summed E-state index contributed by atoms with van der Waals surface area (Å²) in [7, 11) is -2.05. The maximum Gasteiger partial charge on any atom is 0.265 e. The Hall–Kier alpha value is -1.66. The third kappa shape index (κ3) is 3.32. The number of nitrogens with zero attached hydrogens (tertiary/aromatic N) is 2. The van der Waals surface area contributed by atoms with E-state index in [0.29, 0.717) is 23.3 Å². The summed E-state index contributed by atoms with van der Waals surface area (Å²) in [5.74, 6) is 0.855. The number of aliphatic imine (C=N–C) groups is 1. The molecule has 0 saturated heterocycles. The number of sulfonamides is 1. The molecule has 1 heterocycles. The van der Waals surface area contributed by atoms with E-state index in [1.807, 2.05) is 19.1 Å². The van der Waals surface area contributed by atoms with Crippen molar-refractivity contribution in [1.29, 1.82) is 0 Å². The van der Waals surface area contributed by atoms with Crippen LogP contribution in [0, 0.1) is 12.8 Å². The predicted molar refractivity (Wildman–Crippen MR) is 104 cm³/mol. The minimum Gasteiger partial charge on any atom is -0.380 e. The first-order valence-corrected chi connectivity index (χ1v) is 10.5. The maximum atomic E-state index is 13.5. The van der Waals surface area contributed by atoms with Gasteiger partial charge in [-0.1, -0.05) is 23.8 Å². The number of allylic oxidation sites excluding steroid dienone is 1. The highest BCUT2D eigenvalue weighted by Gasteiger charge is 2.44. The molecule has 1 aromatic rings. The van der Waals surface area contributed by atoms with E-state index in [1.165, 1.54) is 4.31 Å². The minimum absolute atomic E-state index is 0.245. The molecule has 0 radical (unpaired) electrons. The molecule has 26 heavy (non-hydrogen) atoms. The number of hydrogen-bond acceptors (Lipinski definition) is 4. The molecule has 5 nitrogen and oxygen atoms in total. The minimum atomic E-state index is -3.70. The Morgan fingerprint density at radius 2 is 1.88 bits per heavy atom. The number of fused-ring (bicyclic) bond motifs is 2. The van der Waals surface area contributed by atoms with Crippen LogP contribution in [0.15, 0.2) is 45.8 Å². The zero-order valence-electron chi connectivity index (χ0n) is 16.2. The zero-order valence-corrected chi connectivity index (χ0v) is 17.0. The molecule has 0 amide bonds. The Kier molecular flexibility index (Phi) is 5.01. The van der Waals surface area contributed by atoms with Crippen LogP contribution in [-0.2, 0) is 14.8 Å². The second-order valence-corrected chi connectivity index (χ2v) is 9.64. The third-order valence-electron chi connectivity index (χ3n) is 5.54. The standard InChI is InChI=1S/C20H28N2O3S/c1-14-6-10-18(11-7-14)26(23,24)22-15(2)21-20(3,4)17-9-8-16(13-25-5)19(22)12-17/h6-8,10-11,17,19H,9,12-13H2,1-5H3/t17-,19-/m1/s1. The first-order chi connectivity index (χ1) is 12.2. The van der Waals surface area contributed by atoms with E-state index < -0.39 is 10.0 Å². The van der Waals surface area contributed by atoms with Crippen LogP contribution in [0.4, 0.5) is 0 Å². The molecule has 1 aliphatic carbocycles. The van der Waals surface area contributed by atoms with Gasteiger partial charge in [-0.15, -0.1) is 0 Å². The first-order valence-electron chi connectivity index (χ1n) is 9.02. The van der Waals surface area contributed by atoms with E-state index in [4.69, 9.17) is 9.73 Å². The molecule has 3 rings (SSSR count). The highest BCUT2D eigenvalue weighted by Crippen LogP contribution is 2.41. The Morgan fingerprint density at radius 3 is 2.50 bits per heavy atom. The molecule has 1 aliphatic heterocycles. The fourth-order valence-electron chi connectivity index (χ4n) is 4.04. The Bertz CT molecular complexity index is 838. The SMILES string of the molecule is COCC1=CC[C@@H]2C[C@H]1N(S(=O)(=O)c1ccc(C)cc1)C(C)=NC2(C)C. The number of ether oxygens (including phenoxy) is 1. The van der Waals surface area contributed by atoms with Gasteiger partial charge in [-0.05, 0) is 64.2 Å². The second-order valence-electron chi connectivity index (χ2n) is 7.82. The summed E-state index contributed by atoms with van der Waals surface area (Å²) in [6.45, 7) is 8.37. The normalized spacial score (nSPS) is 25.3. The smallest absolute Gasteiger partial charge is 0.265 e. The molecule has 6 heteroatoms.